The van der Waals surface area contributed by atoms with Gasteiger partial charge in [0.15, 0.2) is 23.0 Å². The fourth-order valence-corrected chi connectivity index (χ4v) is 7.40. The first-order valence-electron chi connectivity index (χ1n) is 16.5. The van der Waals surface area contributed by atoms with Gasteiger partial charge in [-0.3, -0.25) is 0 Å². The van der Waals surface area contributed by atoms with Crippen molar-refractivity contribution in [3.63, 3.8) is 0 Å². The summed E-state index contributed by atoms with van der Waals surface area (Å²) in [7, 11) is 0. The average Bonchev–Trinajstić information content (AvgIpc) is 3.14. The molecule has 2 aliphatic rings. The number of hydrogen-bond acceptors (Lipinski definition) is 4. The summed E-state index contributed by atoms with van der Waals surface area (Å²) < 4.78 is 45.3. The highest BCUT2D eigenvalue weighted by Gasteiger charge is 2.37. The van der Waals surface area contributed by atoms with E-state index in [1.54, 1.807) is 24.3 Å². The van der Waals surface area contributed by atoms with Gasteiger partial charge in [-0.05, 0) is 85.6 Å². The zero-order valence-corrected chi connectivity index (χ0v) is 27.3. The Morgan fingerprint density at radius 2 is 0.680 bits per heavy atom. The Balaban J connectivity index is 1.49. The fourth-order valence-electron chi connectivity index (χ4n) is 7.40. The summed E-state index contributed by atoms with van der Waals surface area (Å²) in [5.41, 5.74) is 8.40. The molecule has 0 saturated heterocycles. The van der Waals surface area contributed by atoms with Crippen LogP contribution >= 0.6 is 0 Å². The molecule has 0 unspecified atom stereocenters. The molecule has 2 heterocycles. The Morgan fingerprint density at radius 1 is 0.380 bits per heavy atom. The summed E-state index contributed by atoms with van der Waals surface area (Å²) in [6.07, 6.45) is 0. The summed E-state index contributed by atoms with van der Waals surface area (Å²) in [5, 5.41) is 0. The SMILES string of the molecule is Cc1c(-c2ccccc2F)c(N2c3ccccc3Oc3ccccc32)c(C)c(N2c3ccccc3Oc3ccccc32)c1-c1ccccc1F. The molecule has 0 saturated carbocycles. The van der Waals surface area contributed by atoms with Crippen LogP contribution in [0.2, 0.25) is 0 Å². The first kappa shape index (κ1) is 29.7. The van der Waals surface area contributed by atoms with Crippen LogP contribution in [0.15, 0.2) is 146 Å². The lowest BCUT2D eigenvalue weighted by Crippen LogP contribution is -2.22. The van der Waals surface area contributed by atoms with Crippen molar-refractivity contribution < 1.29 is 18.3 Å². The van der Waals surface area contributed by atoms with E-state index in [0.717, 1.165) is 45.3 Å². The van der Waals surface area contributed by atoms with Gasteiger partial charge in [0.2, 0.25) is 0 Å². The second kappa shape index (κ2) is 11.6. The van der Waals surface area contributed by atoms with Crippen LogP contribution in [0.25, 0.3) is 22.3 Å². The van der Waals surface area contributed by atoms with Gasteiger partial charge in [0, 0.05) is 22.3 Å². The van der Waals surface area contributed by atoms with Crippen LogP contribution in [0.1, 0.15) is 11.1 Å². The molecular formula is C44H30F2N2O2. The van der Waals surface area contributed by atoms with Crippen LogP contribution in [0, 0.1) is 25.5 Å². The molecule has 0 bridgehead atoms. The second-order valence-corrected chi connectivity index (χ2v) is 12.4. The number of halogens is 2. The topological polar surface area (TPSA) is 24.9 Å². The summed E-state index contributed by atoms with van der Waals surface area (Å²) in [6.45, 7) is 4.01. The summed E-state index contributed by atoms with van der Waals surface area (Å²) in [4.78, 5) is 4.32. The molecule has 2 aliphatic heterocycles. The highest BCUT2D eigenvalue weighted by atomic mass is 19.1. The summed E-state index contributed by atoms with van der Waals surface area (Å²) >= 11 is 0. The molecule has 0 amide bonds. The van der Waals surface area contributed by atoms with E-state index in [9.17, 15) is 0 Å². The van der Waals surface area contributed by atoms with Crippen molar-refractivity contribution in [2.45, 2.75) is 13.8 Å². The zero-order valence-electron chi connectivity index (χ0n) is 27.3. The molecule has 7 aromatic carbocycles. The largest absolute Gasteiger partial charge is 0.453 e. The minimum absolute atomic E-state index is 0.375. The molecule has 0 N–H and O–H groups in total. The van der Waals surface area contributed by atoms with Crippen LogP contribution in [0.4, 0.5) is 42.9 Å². The number of nitrogens with zero attached hydrogens (tertiary/aromatic N) is 2. The highest BCUT2D eigenvalue weighted by Crippen LogP contribution is 2.60. The van der Waals surface area contributed by atoms with Crippen molar-refractivity contribution in [2.24, 2.45) is 0 Å². The van der Waals surface area contributed by atoms with Crippen LogP contribution in [-0.2, 0) is 0 Å². The van der Waals surface area contributed by atoms with Gasteiger partial charge in [-0.2, -0.15) is 0 Å². The Kier molecular flexibility index (Phi) is 6.92. The van der Waals surface area contributed by atoms with Crippen LogP contribution in [-0.4, -0.2) is 0 Å². The van der Waals surface area contributed by atoms with Crippen molar-refractivity contribution in [3.8, 4) is 45.3 Å². The van der Waals surface area contributed by atoms with E-state index in [1.165, 1.54) is 12.1 Å². The molecule has 6 heteroatoms. The number of benzene rings is 7. The van der Waals surface area contributed by atoms with Gasteiger partial charge >= 0.3 is 0 Å². The van der Waals surface area contributed by atoms with Crippen molar-refractivity contribution in [2.75, 3.05) is 9.80 Å². The van der Waals surface area contributed by atoms with E-state index in [2.05, 4.69) is 9.80 Å². The van der Waals surface area contributed by atoms with E-state index >= 15 is 8.78 Å². The molecule has 0 spiro atoms. The molecule has 0 radical (unpaired) electrons. The minimum Gasteiger partial charge on any atom is -0.453 e. The van der Waals surface area contributed by atoms with Gasteiger partial charge < -0.3 is 19.3 Å². The Hall–Kier alpha value is -6.40. The molecule has 0 atom stereocenters. The Labute approximate surface area is 289 Å². The smallest absolute Gasteiger partial charge is 0.151 e. The Morgan fingerprint density at radius 3 is 1.02 bits per heavy atom. The summed E-state index contributed by atoms with van der Waals surface area (Å²) in [5.74, 6) is 1.93. The third kappa shape index (κ3) is 4.49. The molecule has 0 aromatic heterocycles. The molecule has 242 valence electrons. The van der Waals surface area contributed by atoms with E-state index in [1.807, 2.05) is 123 Å². The summed E-state index contributed by atoms with van der Waals surface area (Å²) in [6, 6.07) is 45.0. The van der Waals surface area contributed by atoms with Gasteiger partial charge in [0.05, 0.1) is 34.1 Å². The number of rotatable bonds is 4. The first-order valence-corrected chi connectivity index (χ1v) is 16.5. The maximum absolute atomic E-state index is 16.2. The van der Waals surface area contributed by atoms with E-state index in [4.69, 9.17) is 9.47 Å². The van der Waals surface area contributed by atoms with Gasteiger partial charge in [-0.1, -0.05) is 84.9 Å². The third-order valence-electron chi connectivity index (χ3n) is 9.53. The fraction of sp³-hybridized carbons (Fsp3) is 0.0455. The molecule has 0 fully saturated rings. The molecule has 0 aliphatic carbocycles. The highest BCUT2D eigenvalue weighted by molar-refractivity contribution is 6.06. The van der Waals surface area contributed by atoms with Crippen LogP contribution in [0.5, 0.6) is 23.0 Å². The quantitative estimate of drug-likeness (QED) is 0.188. The third-order valence-corrected chi connectivity index (χ3v) is 9.53. The van der Waals surface area contributed by atoms with Crippen LogP contribution in [0.3, 0.4) is 0 Å². The van der Waals surface area contributed by atoms with Crippen LogP contribution < -0.4 is 19.3 Å². The van der Waals surface area contributed by atoms with E-state index < -0.39 is 0 Å². The standard InChI is InChI=1S/C44H30F2N2O2/c1-27-41(29-15-3-5-17-31(29)45)43(47-33-19-7-11-23-37(33)49-38-24-12-8-20-34(38)47)28(2)44(42(27)30-16-4-6-18-32(30)46)48-35-21-9-13-25-39(35)50-40-26-14-10-22-36(40)48/h3-26H,1-2H3. The minimum atomic E-state index is -0.375. The average molecular weight is 657 g/mol. The monoisotopic (exact) mass is 656 g/mol. The van der Waals surface area contributed by atoms with E-state index in [-0.39, 0.29) is 11.6 Å². The predicted molar refractivity (Wildman–Crippen MR) is 196 cm³/mol. The number of hydrogen-bond donors (Lipinski definition) is 0. The van der Waals surface area contributed by atoms with Crippen molar-refractivity contribution in [1.82, 2.24) is 0 Å². The van der Waals surface area contributed by atoms with Crippen molar-refractivity contribution in [1.29, 1.82) is 0 Å². The number of fused-ring (bicyclic) bond motifs is 4. The van der Waals surface area contributed by atoms with Gasteiger partial charge in [0.1, 0.15) is 11.6 Å². The van der Waals surface area contributed by atoms with Gasteiger partial charge in [0.25, 0.3) is 0 Å². The molecular weight excluding hydrogens is 626 g/mol. The van der Waals surface area contributed by atoms with Crippen molar-refractivity contribution in [3.05, 3.63) is 168 Å². The second-order valence-electron chi connectivity index (χ2n) is 12.4. The first-order chi connectivity index (χ1) is 24.5. The van der Waals surface area contributed by atoms with E-state index in [0.29, 0.717) is 45.3 Å². The number of anilines is 6. The lowest BCUT2D eigenvalue weighted by Gasteiger charge is -2.40. The predicted octanol–water partition coefficient (Wildman–Crippen LogP) is 13.1. The maximum Gasteiger partial charge on any atom is 0.151 e. The number of ether oxygens (including phenoxy) is 2. The number of para-hydroxylation sites is 8. The lowest BCUT2D eigenvalue weighted by molar-refractivity contribution is 0.477. The molecule has 50 heavy (non-hydrogen) atoms. The molecule has 9 rings (SSSR count). The molecule has 7 aromatic rings. The normalized spacial score (nSPS) is 12.6. The zero-order chi connectivity index (χ0) is 33.9. The molecule has 4 nitrogen and oxygen atoms in total. The lowest BCUT2D eigenvalue weighted by atomic mass is 9.84. The van der Waals surface area contributed by atoms with Crippen molar-refractivity contribution >= 4 is 34.1 Å². The van der Waals surface area contributed by atoms with Gasteiger partial charge in [-0.25, -0.2) is 8.78 Å². The Bertz CT molecular complexity index is 2220. The van der Waals surface area contributed by atoms with Gasteiger partial charge in [-0.15, -0.1) is 0 Å². The maximum atomic E-state index is 16.2.